The Labute approximate surface area is 214 Å². The minimum atomic E-state index is -3.57. The second kappa shape index (κ2) is 11.8. The number of hydrogen-bond acceptors (Lipinski definition) is 4. The molecule has 0 bridgehead atoms. The third-order valence-electron chi connectivity index (χ3n) is 5.82. The van der Waals surface area contributed by atoms with Gasteiger partial charge in [0.1, 0.15) is 0 Å². The Balaban J connectivity index is 1.87. The molecule has 0 aliphatic heterocycles. The van der Waals surface area contributed by atoms with Crippen molar-refractivity contribution in [1.82, 2.24) is 14.3 Å². The fraction of sp³-hybridized carbons (Fsp3) is 0.385. The number of aromatic nitrogens is 1. The number of nitrogens with zero attached hydrogens (tertiary/aromatic N) is 3. The second-order valence-corrected chi connectivity index (χ2v) is 10.9. The maximum Gasteiger partial charge on any atom is 0.243 e. The van der Waals surface area contributed by atoms with Crippen LogP contribution in [0.1, 0.15) is 50.3 Å². The summed E-state index contributed by atoms with van der Waals surface area (Å²) in [4.78, 5) is 0.301. The Morgan fingerprint density at radius 3 is 2.46 bits per heavy atom. The average molecular weight is 514 g/mol. The van der Waals surface area contributed by atoms with Crippen molar-refractivity contribution in [3.8, 4) is 0 Å². The van der Waals surface area contributed by atoms with Crippen LogP contribution in [0.5, 0.6) is 0 Å². The number of nitrogens with one attached hydrogen (secondary N) is 2. The first kappa shape index (κ1) is 26.8. The molecule has 0 saturated carbocycles. The highest BCUT2D eigenvalue weighted by atomic mass is 32.2. The van der Waals surface area contributed by atoms with E-state index in [9.17, 15) is 8.42 Å². The fourth-order valence-corrected chi connectivity index (χ4v) is 5.82. The van der Waals surface area contributed by atoms with Crippen LogP contribution in [0.15, 0.2) is 52.6 Å². The molecule has 0 aliphatic carbocycles. The number of sulfonamides is 1. The van der Waals surface area contributed by atoms with Crippen molar-refractivity contribution in [1.29, 1.82) is 0 Å². The van der Waals surface area contributed by atoms with E-state index < -0.39 is 10.0 Å². The van der Waals surface area contributed by atoms with Crippen molar-refractivity contribution < 1.29 is 8.42 Å². The predicted molar refractivity (Wildman–Crippen MR) is 150 cm³/mol. The third-order valence-corrected chi connectivity index (χ3v) is 7.91. The molecule has 188 valence electrons. The monoisotopic (exact) mass is 513 g/mol. The van der Waals surface area contributed by atoms with Crippen LogP contribution in [0.25, 0.3) is 10.9 Å². The Morgan fingerprint density at radius 2 is 1.80 bits per heavy atom. The molecule has 1 heterocycles. The molecule has 2 N–H and O–H groups in total. The maximum atomic E-state index is 13.3. The predicted octanol–water partition coefficient (Wildman–Crippen LogP) is 5.41. The molecule has 0 radical (unpaired) electrons. The van der Waals surface area contributed by atoms with Gasteiger partial charge in [-0.1, -0.05) is 26.0 Å². The van der Waals surface area contributed by atoms with Crippen molar-refractivity contribution in [2.24, 2.45) is 5.10 Å². The number of rotatable bonds is 10. The number of fused-ring (bicyclic) bond motifs is 1. The van der Waals surface area contributed by atoms with E-state index in [0.717, 1.165) is 52.7 Å². The lowest BCUT2D eigenvalue weighted by Gasteiger charge is -2.21. The van der Waals surface area contributed by atoms with Gasteiger partial charge in [0.15, 0.2) is 5.11 Å². The molecule has 7 nitrogen and oxygen atoms in total. The van der Waals surface area contributed by atoms with Crippen molar-refractivity contribution >= 4 is 50.2 Å². The molecule has 0 saturated heterocycles. The lowest BCUT2D eigenvalue weighted by Crippen LogP contribution is -2.32. The van der Waals surface area contributed by atoms with E-state index in [4.69, 9.17) is 12.2 Å². The average Bonchev–Trinajstić information content (AvgIpc) is 3.18. The van der Waals surface area contributed by atoms with Gasteiger partial charge in [-0.25, -0.2) is 8.42 Å². The molecule has 0 amide bonds. The van der Waals surface area contributed by atoms with Gasteiger partial charge in [-0.15, -0.1) is 0 Å². The molecule has 2 aromatic carbocycles. The van der Waals surface area contributed by atoms with Gasteiger partial charge in [0.25, 0.3) is 0 Å². The Kier molecular flexibility index (Phi) is 9.04. The first-order chi connectivity index (χ1) is 16.7. The van der Waals surface area contributed by atoms with E-state index in [1.165, 1.54) is 0 Å². The topological polar surface area (TPSA) is 78.7 Å². The lowest BCUT2D eigenvalue weighted by molar-refractivity contribution is 0.410. The van der Waals surface area contributed by atoms with Crippen molar-refractivity contribution in [3.63, 3.8) is 0 Å². The molecule has 3 aromatic rings. The van der Waals surface area contributed by atoms with Gasteiger partial charge in [-0.05, 0) is 81.2 Å². The molecule has 0 aliphatic rings. The van der Waals surface area contributed by atoms with Gasteiger partial charge < -0.3 is 9.88 Å². The SMILES string of the molecule is CCCN(CCC)S(=O)(=O)c1ccc2c(c1)c(C=NNC(=S)Nc1cc(C)ccc1C)cn2CC. The zero-order valence-corrected chi connectivity index (χ0v) is 22.8. The molecule has 35 heavy (non-hydrogen) atoms. The first-order valence-corrected chi connectivity index (χ1v) is 13.9. The highest BCUT2D eigenvalue weighted by Gasteiger charge is 2.24. The lowest BCUT2D eigenvalue weighted by atomic mass is 10.1. The quantitative estimate of drug-likeness (QED) is 0.215. The van der Waals surface area contributed by atoms with Gasteiger partial charge in [0, 0.05) is 48.0 Å². The number of anilines is 1. The summed E-state index contributed by atoms with van der Waals surface area (Å²) in [6.45, 7) is 11.8. The summed E-state index contributed by atoms with van der Waals surface area (Å²) >= 11 is 5.40. The summed E-state index contributed by atoms with van der Waals surface area (Å²) in [5.74, 6) is 0. The minimum absolute atomic E-state index is 0.301. The van der Waals surface area contributed by atoms with Crippen LogP contribution in [0.4, 0.5) is 5.69 Å². The molecule has 0 fully saturated rings. The van der Waals surface area contributed by atoms with E-state index in [1.54, 1.807) is 22.7 Å². The van der Waals surface area contributed by atoms with E-state index in [2.05, 4.69) is 33.4 Å². The summed E-state index contributed by atoms with van der Waals surface area (Å²) in [6.07, 6.45) is 5.20. The second-order valence-electron chi connectivity index (χ2n) is 8.60. The van der Waals surface area contributed by atoms with Crippen LogP contribution in [0.2, 0.25) is 0 Å². The zero-order valence-electron chi connectivity index (χ0n) is 21.1. The van der Waals surface area contributed by atoms with Crippen LogP contribution in [-0.2, 0) is 16.6 Å². The molecular weight excluding hydrogens is 478 g/mol. The summed E-state index contributed by atoms with van der Waals surface area (Å²) in [7, 11) is -3.57. The maximum absolute atomic E-state index is 13.3. The standard InChI is InChI=1S/C26H35N5O2S2/c1-6-13-31(14-7-2)35(32,33)22-11-12-25-23(16-22)21(18-30(25)8-3)17-27-29-26(34)28-24-15-19(4)9-10-20(24)5/h9-12,15-18H,6-8,13-14H2,1-5H3,(H2,28,29,34). The van der Waals surface area contributed by atoms with Crippen molar-refractivity contribution in [3.05, 3.63) is 59.3 Å². The number of aryl methyl sites for hydroxylation is 3. The van der Waals surface area contributed by atoms with Crippen LogP contribution >= 0.6 is 12.2 Å². The van der Waals surface area contributed by atoms with Crippen LogP contribution < -0.4 is 10.7 Å². The normalized spacial score (nSPS) is 12.1. The van der Waals surface area contributed by atoms with Crippen LogP contribution in [0.3, 0.4) is 0 Å². The molecule has 0 spiro atoms. The molecule has 9 heteroatoms. The van der Waals surface area contributed by atoms with E-state index in [-0.39, 0.29) is 0 Å². The van der Waals surface area contributed by atoms with E-state index in [1.807, 2.05) is 52.1 Å². The summed E-state index contributed by atoms with van der Waals surface area (Å²) in [5.41, 5.74) is 7.80. The zero-order chi connectivity index (χ0) is 25.6. The number of hydrazone groups is 1. The molecular formula is C26H35N5O2S2. The Morgan fingerprint density at radius 1 is 1.09 bits per heavy atom. The van der Waals surface area contributed by atoms with Gasteiger partial charge in [-0.3, -0.25) is 5.43 Å². The smallest absolute Gasteiger partial charge is 0.243 e. The van der Waals surface area contributed by atoms with Gasteiger partial charge in [-0.2, -0.15) is 9.41 Å². The number of benzene rings is 2. The molecule has 0 atom stereocenters. The molecule has 0 unspecified atom stereocenters. The van der Waals surface area contributed by atoms with Crippen LogP contribution in [0, 0.1) is 13.8 Å². The van der Waals surface area contributed by atoms with E-state index >= 15 is 0 Å². The molecule has 1 aromatic heterocycles. The summed E-state index contributed by atoms with van der Waals surface area (Å²) in [5, 5.41) is 8.71. The highest BCUT2D eigenvalue weighted by molar-refractivity contribution is 7.89. The minimum Gasteiger partial charge on any atom is -0.347 e. The molecule has 3 rings (SSSR count). The Hall–Kier alpha value is -2.75. The van der Waals surface area contributed by atoms with Gasteiger partial charge in [0.2, 0.25) is 10.0 Å². The van der Waals surface area contributed by atoms with E-state index in [0.29, 0.717) is 23.1 Å². The first-order valence-electron chi connectivity index (χ1n) is 12.0. The highest BCUT2D eigenvalue weighted by Crippen LogP contribution is 2.26. The van der Waals surface area contributed by atoms with Crippen molar-refractivity contribution in [2.45, 2.75) is 58.9 Å². The third kappa shape index (κ3) is 6.28. The Bertz CT molecular complexity index is 1320. The fourth-order valence-electron chi connectivity index (χ4n) is 4.01. The summed E-state index contributed by atoms with van der Waals surface area (Å²) < 4.78 is 30.3. The van der Waals surface area contributed by atoms with Crippen molar-refractivity contribution in [2.75, 3.05) is 18.4 Å². The number of thiocarbonyl (C=S) groups is 1. The number of hydrogen-bond donors (Lipinski definition) is 2. The largest absolute Gasteiger partial charge is 0.347 e. The van der Waals surface area contributed by atoms with Gasteiger partial charge >= 0.3 is 0 Å². The van der Waals surface area contributed by atoms with Crippen LogP contribution in [-0.4, -0.2) is 41.7 Å². The van der Waals surface area contributed by atoms with Gasteiger partial charge in [0.05, 0.1) is 11.1 Å². The summed E-state index contributed by atoms with van der Waals surface area (Å²) in [6, 6.07) is 11.4.